The van der Waals surface area contributed by atoms with Gasteiger partial charge < -0.3 is 0 Å². The minimum Gasteiger partial charge on any atom is -0.134 e. The van der Waals surface area contributed by atoms with E-state index in [1.807, 2.05) is 13.8 Å². The van der Waals surface area contributed by atoms with Crippen molar-refractivity contribution in [3.8, 4) is 0 Å². The molecule has 0 unspecified atom stereocenters. The van der Waals surface area contributed by atoms with Crippen LogP contribution in [0.5, 0.6) is 0 Å². The van der Waals surface area contributed by atoms with Crippen LogP contribution in [0.3, 0.4) is 0 Å². The second-order valence-corrected chi connectivity index (χ2v) is 1.46. The highest BCUT2D eigenvalue weighted by Gasteiger charge is 2.00. The minimum absolute atomic E-state index is 0.917. The third-order valence-electron chi connectivity index (χ3n) is 0.913. The summed E-state index contributed by atoms with van der Waals surface area (Å²) >= 11 is 0. The van der Waals surface area contributed by atoms with E-state index in [2.05, 4.69) is 15.8 Å². The first kappa shape index (κ1) is 4.30. The van der Waals surface area contributed by atoms with Gasteiger partial charge in [0.25, 0.3) is 0 Å². The first-order valence-electron chi connectivity index (χ1n) is 2.10. The van der Waals surface area contributed by atoms with Crippen LogP contribution in [-0.2, 0) is 0 Å². The zero-order valence-corrected chi connectivity index (χ0v) is 4.34. The van der Waals surface area contributed by atoms with Crippen LogP contribution in [0.25, 0.3) is 0 Å². The van der Waals surface area contributed by atoms with E-state index >= 15 is 0 Å². The van der Waals surface area contributed by atoms with Gasteiger partial charge in [-0.05, 0) is 19.1 Å². The molecule has 3 heteroatoms. The number of rotatable bonds is 0. The van der Waals surface area contributed by atoms with E-state index in [-0.39, 0.29) is 0 Å². The molecule has 0 aromatic heterocycles. The van der Waals surface area contributed by atoms with Crippen molar-refractivity contribution in [3.05, 3.63) is 11.4 Å². The molecule has 0 amide bonds. The van der Waals surface area contributed by atoms with Crippen LogP contribution < -0.4 is 5.43 Å². The Bertz CT molecular complexity index is 134. The van der Waals surface area contributed by atoms with E-state index in [4.69, 9.17) is 0 Å². The van der Waals surface area contributed by atoms with Crippen molar-refractivity contribution < 1.29 is 0 Å². The molecule has 0 fully saturated rings. The Balaban J connectivity index is 2.79. The largest absolute Gasteiger partial charge is 0.134 e. The molecule has 0 atom stereocenters. The highest BCUT2D eigenvalue weighted by Crippen LogP contribution is 2.08. The molecule has 0 saturated carbocycles. The lowest BCUT2D eigenvalue weighted by atomic mass is 10.4. The molecule has 1 rings (SSSR count). The predicted octanol–water partition coefficient (Wildman–Crippen LogP) is 1.22. The maximum absolute atomic E-state index is 3.66. The monoisotopic (exact) mass is 96.1 g/mol. The summed E-state index contributed by atoms with van der Waals surface area (Å²) in [6, 6.07) is 0. The standard InChI is InChI=1S/C4H6N3/c1-3-4(2)6-7-5-3/h1-2H3. The van der Waals surface area contributed by atoms with Gasteiger partial charge in [-0.1, -0.05) is 0 Å². The van der Waals surface area contributed by atoms with E-state index in [0.717, 1.165) is 11.4 Å². The maximum atomic E-state index is 3.66. The van der Waals surface area contributed by atoms with Gasteiger partial charge in [0.1, 0.15) is 0 Å². The summed E-state index contributed by atoms with van der Waals surface area (Å²) in [6.07, 6.45) is 0. The normalized spacial score (nSPS) is 18.0. The first-order chi connectivity index (χ1) is 3.30. The molecule has 0 N–H and O–H groups in total. The van der Waals surface area contributed by atoms with Crippen molar-refractivity contribution in [1.82, 2.24) is 5.43 Å². The van der Waals surface area contributed by atoms with Gasteiger partial charge >= 0.3 is 0 Å². The predicted molar refractivity (Wildman–Crippen MR) is 25.4 cm³/mol. The van der Waals surface area contributed by atoms with Crippen LogP contribution in [0.1, 0.15) is 13.8 Å². The quantitative estimate of drug-likeness (QED) is 0.435. The van der Waals surface area contributed by atoms with Gasteiger partial charge in [-0.25, -0.2) is 0 Å². The fourth-order valence-electron chi connectivity index (χ4n) is 0.301. The van der Waals surface area contributed by atoms with Crippen LogP contribution in [0.4, 0.5) is 0 Å². The second kappa shape index (κ2) is 1.33. The van der Waals surface area contributed by atoms with Gasteiger partial charge in [0.2, 0.25) is 0 Å². The molecule has 1 heterocycles. The molecule has 1 radical (unpaired) electrons. The highest BCUT2D eigenvalue weighted by atomic mass is 15.5. The molecule has 0 bridgehead atoms. The molecule has 7 heavy (non-hydrogen) atoms. The molecule has 0 aromatic carbocycles. The van der Waals surface area contributed by atoms with Gasteiger partial charge in [0.05, 0.1) is 11.4 Å². The van der Waals surface area contributed by atoms with E-state index in [0.29, 0.717) is 0 Å². The van der Waals surface area contributed by atoms with Gasteiger partial charge in [-0.3, -0.25) is 0 Å². The third-order valence-corrected chi connectivity index (χ3v) is 0.913. The molecular weight excluding hydrogens is 90.1 g/mol. The Morgan fingerprint density at radius 2 is 1.86 bits per heavy atom. The fraction of sp³-hybridized carbons (Fsp3) is 0.500. The minimum atomic E-state index is 0.917. The van der Waals surface area contributed by atoms with Gasteiger partial charge in [-0.2, -0.15) is 0 Å². The summed E-state index contributed by atoms with van der Waals surface area (Å²) in [7, 11) is 0. The summed E-state index contributed by atoms with van der Waals surface area (Å²) < 4.78 is 0. The smallest absolute Gasteiger partial charge is 0.0848 e. The highest BCUT2D eigenvalue weighted by molar-refractivity contribution is 5.06. The summed E-state index contributed by atoms with van der Waals surface area (Å²) in [4.78, 5) is 0. The van der Waals surface area contributed by atoms with E-state index in [1.54, 1.807) is 0 Å². The van der Waals surface area contributed by atoms with Crippen LogP contribution in [0.15, 0.2) is 21.7 Å². The van der Waals surface area contributed by atoms with Crippen LogP contribution in [0.2, 0.25) is 0 Å². The third kappa shape index (κ3) is 0.607. The van der Waals surface area contributed by atoms with Gasteiger partial charge in [0, 0.05) is 0 Å². The Morgan fingerprint density at radius 3 is 2.00 bits per heavy atom. The van der Waals surface area contributed by atoms with Gasteiger partial charge in [0.15, 0.2) is 0 Å². The number of allylic oxidation sites excluding steroid dienone is 2. The Morgan fingerprint density at radius 1 is 1.14 bits per heavy atom. The van der Waals surface area contributed by atoms with Crippen molar-refractivity contribution >= 4 is 0 Å². The molecular formula is C4H6N3. The molecule has 1 aliphatic heterocycles. The van der Waals surface area contributed by atoms with Crippen molar-refractivity contribution in [2.45, 2.75) is 13.8 Å². The van der Waals surface area contributed by atoms with Crippen LogP contribution in [0, 0.1) is 0 Å². The maximum Gasteiger partial charge on any atom is 0.0848 e. The molecule has 0 aliphatic carbocycles. The molecule has 3 nitrogen and oxygen atoms in total. The van der Waals surface area contributed by atoms with Crippen molar-refractivity contribution in [2.75, 3.05) is 0 Å². The van der Waals surface area contributed by atoms with Crippen LogP contribution >= 0.6 is 0 Å². The zero-order valence-electron chi connectivity index (χ0n) is 4.34. The lowest BCUT2D eigenvalue weighted by Crippen LogP contribution is -1.84. The fourth-order valence-corrected chi connectivity index (χ4v) is 0.301. The topological polar surface area (TPSA) is 38.8 Å². The number of hydrogen-bond acceptors (Lipinski definition) is 2. The Labute approximate surface area is 42.1 Å². The average molecular weight is 96.1 g/mol. The lowest BCUT2D eigenvalue weighted by molar-refractivity contribution is 0.853. The van der Waals surface area contributed by atoms with Crippen LogP contribution in [-0.4, -0.2) is 0 Å². The van der Waals surface area contributed by atoms with Crippen molar-refractivity contribution in [1.29, 1.82) is 0 Å². The van der Waals surface area contributed by atoms with Crippen molar-refractivity contribution in [3.63, 3.8) is 0 Å². The second-order valence-electron chi connectivity index (χ2n) is 1.46. The summed E-state index contributed by atoms with van der Waals surface area (Å²) in [5.41, 5.74) is 5.49. The van der Waals surface area contributed by atoms with E-state index in [1.165, 1.54) is 0 Å². The first-order valence-corrected chi connectivity index (χ1v) is 2.10. The molecule has 1 aliphatic rings. The van der Waals surface area contributed by atoms with E-state index in [9.17, 15) is 0 Å². The molecule has 0 spiro atoms. The number of nitrogens with zero attached hydrogens (tertiary/aromatic N) is 3. The number of hydrogen-bond donors (Lipinski definition) is 0. The Hall–Kier alpha value is -0.860. The molecule has 0 aromatic rings. The summed E-state index contributed by atoms with van der Waals surface area (Å²) in [6.45, 7) is 3.77. The molecule has 37 valence electrons. The SMILES string of the molecule is CC1=C(C)N=N[N]1. The van der Waals surface area contributed by atoms with E-state index < -0.39 is 0 Å². The average Bonchev–Trinajstić information content (AvgIpc) is 1.91. The summed E-state index contributed by atoms with van der Waals surface area (Å²) in [5, 5.41) is 7.08. The molecule has 0 saturated heterocycles. The Kier molecular flexibility index (Phi) is 0.817. The summed E-state index contributed by atoms with van der Waals surface area (Å²) in [5.74, 6) is 0. The van der Waals surface area contributed by atoms with Gasteiger partial charge in [-0.15, -0.1) is 10.5 Å². The van der Waals surface area contributed by atoms with Crippen molar-refractivity contribution in [2.24, 2.45) is 10.3 Å². The lowest BCUT2D eigenvalue weighted by Gasteiger charge is -1.81. The zero-order chi connectivity index (χ0) is 5.28.